The Hall–Kier alpha value is -0.547. The van der Waals surface area contributed by atoms with Gasteiger partial charge in [0.15, 0.2) is 0 Å². The number of allylic oxidation sites excluding steroid dienone is 7. The van der Waals surface area contributed by atoms with Crippen LogP contribution in [-0.4, -0.2) is 0 Å². The molecule has 2 aliphatic carbocycles. The van der Waals surface area contributed by atoms with Gasteiger partial charge in [0, 0.05) is 0 Å². The van der Waals surface area contributed by atoms with Crippen molar-refractivity contribution < 1.29 is 19.5 Å². The fourth-order valence-electron chi connectivity index (χ4n) is 3.73. The molecule has 0 N–H and O–H groups in total. The topological polar surface area (TPSA) is 0 Å². The summed E-state index contributed by atoms with van der Waals surface area (Å²) >= 11 is 0. The summed E-state index contributed by atoms with van der Waals surface area (Å²) in [5.74, 6) is 3.10. The Morgan fingerprint density at radius 2 is 1.37 bits per heavy atom. The monoisotopic (exact) mass is 457 g/mol. The first-order valence-corrected chi connectivity index (χ1v) is 10.3. The van der Waals surface area contributed by atoms with Crippen LogP contribution in [0.1, 0.15) is 81.6 Å². The van der Waals surface area contributed by atoms with E-state index in [0.29, 0.717) is 0 Å². The summed E-state index contributed by atoms with van der Waals surface area (Å²) in [5, 5.41) is 0. The normalized spacial score (nSPS) is 22.3. The molecule has 2 unspecified atom stereocenters. The van der Waals surface area contributed by atoms with E-state index in [-0.39, 0.29) is 35.7 Å². The van der Waals surface area contributed by atoms with Gasteiger partial charge in [-0.1, -0.05) is 98.5 Å². The van der Waals surface area contributed by atoms with Crippen molar-refractivity contribution in [1.29, 1.82) is 0 Å². The smallest absolute Gasteiger partial charge is 0.348 e. The summed E-state index contributed by atoms with van der Waals surface area (Å²) in [7, 11) is 0. The molecule has 2 aliphatic rings. The Morgan fingerprint density at radius 3 is 1.67 bits per heavy atom. The first-order chi connectivity index (χ1) is 11.8. The van der Waals surface area contributed by atoms with Crippen molar-refractivity contribution in [3.05, 3.63) is 54.5 Å². The third-order valence-electron chi connectivity index (χ3n) is 4.98. The van der Waals surface area contributed by atoms with Crippen LogP contribution in [0.5, 0.6) is 0 Å². The maximum atomic E-state index is 3.99. The van der Waals surface area contributed by atoms with Crippen molar-refractivity contribution in [2.24, 2.45) is 28.1 Å². The number of rotatable bonds is 2. The first kappa shape index (κ1) is 26.5. The zero-order valence-corrected chi connectivity index (χ0v) is 20.8. The molecule has 1 heteroatoms. The second-order valence-electron chi connectivity index (χ2n) is 10.9. The van der Waals surface area contributed by atoms with Crippen molar-refractivity contribution in [1.82, 2.24) is 0 Å². The second-order valence-corrected chi connectivity index (χ2v) is 10.9. The van der Waals surface area contributed by atoms with Gasteiger partial charge in [-0.3, -0.25) is 24.1 Å². The molecule has 0 aliphatic heterocycles. The van der Waals surface area contributed by atoms with Gasteiger partial charge in [-0.2, -0.15) is 0 Å². The molecule has 0 aromatic carbocycles. The Bertz CT molecular complexity index is 522. The molecule has 0 spiro atoms. The second kappa shape index (κ2) is 10.3. The molecular weight excluding hydrogens is 415 g/mol. The van der Waals surface area contributed by atoms with E-state index in [1.54, 1.807) is 0 Å². The van der Waals surface area contributed by atoms with Crippen molar-refractivity contribution >= 4 is 0 Å². The molecule has 0 aromatic heterocycles. The molecule has 0 bridgehead atoms. The summed E-state index contributed by atoms with van der Waals surface area (Å²) in [6.45, 7) is 24.0. The van der Waals surface area contributed by atoms with Crippen LogP contribution in [-0.2, 0) is 19.5 Å². The predicted octanol–water partition coefficient (Wildman–Crippen LogP) is 8.14. The number of fused-ring (bicyclic) bond motifs is 1. The summed E-state index contributed by atoms with van der Waals surface area (Å²) in [6.07, 6.45) is 19.0. The van der Waals surface area contributed by atoms with Crippen LogP contribution in [0.2, 0.25) is 0 Å². The minimum atomic E-state index is 0. The molecule has 2 rings (SSSR count). The van der Waals surface area contributed by atoms with Crippen LogP contribution >= 0.6 is 0 Å². The molecule has 154 valence electrons. The van der Waals surface area contributed by atoms with Crippen LogP contribution < -0.4 is 0 Å². The summed E-state index contributed by atoms with van der Waals surface area (Å²) < 4.78 is 0. The number of hydrogen-bond donors (Lipinski definition) is 0. The fraction of sp³-hybridized carbons (Fsp3) is 0.654. The molecule has 27 heavy (non-hydrogen) atoms. The molecule has 0 saturated heterocycles. The average molecular weight is 458 g/mol. The molecule has 0 aromatic rings. The van der Waals surface area contributed by atoms with Crippen molar-refractivity contribution in [3.63, 3.8) is 0 Å². The fourth-order valence-corrected chi connectivity index (χ4v) is 3.73. The van der Waals surface area contributed by atoms with E-state index in [0.717, 1.165) is 11.8 Å². The van der Waals surface area contributed by atoms with Crippen LogP contribution in [0.25, 0.3) is 0 Å². The van der Waals surface area contributed by atoms with Gasteiger partial charge in [0.05, 0.1) is 0 Å². The minimum absolute atomic E-state index is 0. The molecule has 0 radical (unpaired) electrons. The van der Waals surface area contributed by atoms with E-state index in [1.165, 1.54) is 30.8 Å². The minimum Gasteiger partial charge on any atom is -0.348 e. The van der Waals surface area contributed by atoms with E-state index in [9.17, 15) is 0 Å². The molecule has 0 heterocycles. The Labute approximate surface area is 183 Å². The number of hydrogen-bond acceptors (Lipinski definition) is 0. The van der Waals surface area contributed by atoms with E-state index in [1.807, 2.05) is 6.08 Å². The maximum Gasteiger partial charge on any atom is 3.00 e. The molecular formula is C26H42Rh+. The quantitative estimate of drug-likeness (QED) is 0.290. The largest absolute Gasteiger partial charge is 3.00 e. The van der Waals surface area contributed by atoms with E-state index in [2.05, 4.69) is 99.3 Å². The van der Waals surface area contributed by atoms with Crippen molar-refractivity contribution in [3.8, 4) is 0 Å². The van der Waals surface area contributed by atoms with Gasteiger partial charge in [-0.05, 0) is 24.7 Å². The zero-order valence-electron chi connectivity index (χ0n) is 19.2. The van der Waals surface area contributed by atoms with Crippen molar-refractivity contribution in [2.75, 3.05) is 0 Å². The molecule has 2 atom stereocenters. The third-order valence-corrected chi connectivity index (χ3v) is 4.98. The van der Waals surface area contributed by atoms with E-state index >= 15 is 0 Å². The van der Waals surface area contributed by atoms with E-state index in [4.69, 9.17) is 0 Å². The molecule has 0 nitrogen and oxygen atoms in total. The van der Waals surface area contributed by atoms with Gasteiger partial charge >= 0.3 is 19.5 Å². The van der Waals surface area contributed by atoms with Gasteiger partial charge in [0.1, 0.15) is 0 Å². The molecule has 0 amide bonds. The standard InChI is InChI=1S/C17H30.C9H12.Rh/c1-11-13(16(5,6)7)14(17(8,9)10)12-15(2,3)4;1-2-5-9-7-3-6-8(9)4-1;/h11H,1H2,2-10H3;1-2,4-5,8-9H,3,6-7H2;/q-2;;+3. The van der Waals surface area contributed by atoms with Crippen molar-refractivity contribution in [2.45, 2.75) is 81.6 Å². The predicted molar refractivity (Wildman–Crippen MR) is 118 cm³/mol. The maximum absolute atomic E-state index is 3.99. The Balaban J connectivity index is 0.000000560. The van der Waals surface area contributed by atoms with Crippen LogP contribution in [0.4, 0.5) is 0 Å². The summed E-state index contributed by atoms with van der Waals surface area (Å²) in [6, 6.07) is 0. The van der Waals surface area contributed by atoms with Gasteiger partial charge in [0.2, 0.25) is 0 Å². The van der Waals surface area contributed by atoms with Gasteiger partial charge in [-0.15, -0.1) is 10.8 Å². The Morgan fingerprint density at radius 1 is 0.926 bits per heavy atom. The SMILES string of the molecule is C1=CC2CCCC2C=C1.C=C[C-](C(=[C-]C(C)(C)C)C(C)(C)C)C(C)(C)C.[Rh+3]. The van der Waals surface area contributed by atoms with Crippen LogP contribution in [0, 0.1) is 40.1 Å². The first-order valence-electron chi connectivity index (χ1n) is 10.3. The van der Waals surface area contributed by atoms with Crippen LogP contribution in [0.15, 0.2) is 42.5 Å². The van der Waals surface area contributed by atoms with Gasteiger partial charge < -0.3 is 6.08 Å². The third kappa shape index (κ3) is 8.99. The van der Waals surface area contributed by atoms with Gasteiger partial charge in [0.25, 0.3) is 0 Å². The Kier molecular flexibility index (Phi) is 10.1. The average Bonchev–Trinajstić information content (AvgIpc) is 2.92. The van der Waals surface area contributed by atoms with Gasteiger partial charge in [-0.25, -0.2) is 0 Å². The summed E-state index contributed by atoms with van der Waals surface area (Å²) in [4.78, 5) is 0. The van der Waals surface area contributed by atoms with Crippen LogP contribution in [0.3, 0.4) is 0 Å². The summed E-state index contributed by atoms with van der Waals surface area (Å²) in [5.41, 5.74) is 1.59. The zero-order chi connectivity index (χ0) is 20.2. The molecule has 1 fully saturated rings. The molecule has 1 saturated carbocycles. The van der Waals surface area contributed by atoms with E-state index < -0.39 is 0 Å².